The minimum Gasteiger partial charge on any atom is -0.397 e. The summed E-state index contributed by atoms with van der Waals surface area (Å²) in [5.74, 6) is -9.95. The number of ether oxygens (including phenoxy) is 5. The van der Waals surface area contributed by atoms with Crippen LogP contribution < -0.4 is 0 Å². The van der Waals surface area contributed by atoms with Gasteiger partial charge in [0.15, 0.2) is 0 Å². The van der Waals surface area contributed by atoms with Crippen LogP contribution >= 0.6 is 0 Å². The van der Waals surface area contributed by atoms with Gasteiger partial charge in [-0.3, -0.25) is 0 Å². The Hall–Kier alpha value is -4.39. The van der Waals surface area contributed by atoms with Crippen LogP contribution in [0.1, 0.15) is 49.3 Å². The zero-order chi connectivity index (χ0) is 31.4. The van der Waals surface area contributed by atoms with Crippen LogP contribution in [0.5, 0.6) is 0 Å². The average molecular weight is 621 g/mol. The molecular weight excluding hydrogens is 587 g/mol. The Balaban J connectivity index is 1.51. The van der Waals surface area contributed by atoms with Crippen molar-refractivity contribution in [1.29, 1.82) is 0 Å². The quantitative estimate of drug-likeness (QED) is 0.422. The fourth-order valence-corrected chi connectivity index (χ4v) is 6.49. The molecule has 3 aliphatic heterocycles. The molecular formula is C33H33FN2O9. The summed E-state index contributed by atoms with van der Waals surface area (Å²) in [5.41, 5.74) is 0.979. The van der Waals surface area contributed by atoms with Gasteiger partial charge in [0.25, 0.3) is 0 Å². The summed E-state index contributed by atoms with van der Waals surface area (Å²) >= 11 is 0. The van der Waals surface area contributed by atoms with Crippen LogP contribution in [0.15, 0.2) is 78.9 Å². The second-order valence-corrected chi connectivity index (χ2v) is 11.2. The molecule has 1 unspecified atom stereocenters. The molecule has 6 rings (SSSR count). The normalized spacial score (nSPS) is 22.7. The molecule has 12 heteroatoms. The first-order valence-corrected chi connectivity index (χ1v) is 15.0. The molecule has 3 heterocycles. The highest BCUT2D eigenvalue weighted by Crippen LogP contribution is 2.49. The molecule has 1 atom stereocenters. The van der Waals surface area contributed by atoms with Gasteiger partial charge in [0, 0.05) is 49.0 Å². The molecule has 4 aliphatic rings. The number of esters is 4. The van der Waals surface area contributed by atoms with Crippen LogP contribution in [0, 0.1) is 5.82 Å². The van der Waals surface area contributed by atoms with Gasteiger partial charge in [0.05, 0.1) is 19.3 Å². The maximum atomic E-state index is 15.6. The summed E-state index contributed by atoms with van der Waals surface area (Å²) in [4.78, 5) is 55.8. The monoisotopic (exact) mass is 620 g/mol. The molecule has 11 nitrogen and oxygen atoms in total. The number of rotatable bonds is 7. The van der Waals surface area contributed by atoms with Gasteiger partial charge in [-0.15, -0.1) is 0 Å². The van der Waals surface area contributed by atoms with E-state index in [0.717, 1.165) is 49.1 Å². The molecule has 2 aromatic rings. The predicted molar refractivity (Wildman–Crippen MR) is 154 cm³/mol. The number of fused-ring (bicyclic) bond motifs is 1. The van der Waals surface area contributed by atoms with E-state index >= 15 is 4.39 Å². The fraction of sp³-hybridized carbons (Fsp3) is 0.394. The number of hydrogen-bond donors (Lipinski definition) is 0. The van der Waals surface area contributed by atoms with Crippen LogP contribution in [0.2, 0.25) is 0 Å². The Morgan fingerprint density at radius 2 is 1.29 bits per heavy atom. The summed E-state index contributed by atoms with van der Waals surface area (Å²) in [7, 11) is 0. The van der Waals surface area contributed by atoms with E-state index in [-0.39, 0.29) is 37.9 Å². The van der Waals surface area contributed by atoms with Gasteiger partial charge in [-0.2, -0.15) is 0 Å². The lowest BCUT2D eigenvalue weighted by atomic mass is 9.91. The molecule has 0 aromatic heterocycles. The summed E-state index contributed by atoms with van der Waals surface area (Å²) in [6.07, 6.45) is 7.49. The van der Waals surface area contributed by atoms with Crippen molar-refractivity contribution in [2.75, 3.05) is 19.7 Å². The number of piperazine rings is 1. The standard InChI is InChI=1S/C33H33FN2O9/c34-26-14-8-7-13-25(26)27(22-41-21-23-9-3-1-4-10-23)36-20-19-35(24-11-5-2-6-12-24)32(42-28(37)15-16-29(38)43-32)33(36)44-30(39)17-18-31(40)45-33/h1,3-4,7-10,13-18,24,27H,2,5-6,11-12,19-22H2. The zero-order valence-corrected chi connectivity index (χ0v) is 24.5. The number of hydrogen-bond acceptors (Lipinski definition) is 11. The summed E-state index contributed by atoms with van der Waals surface area (Å²) in [6, 6.07) is 13.9. The fourth-order valence-electron chi connectivity index (χ4n) is 6.49. The lowest BCUT2D eigenvalue weighted by Crippen LogP contribution is -2.82. The largest absolute Gasteiger partial charge is 0.420 e. The minimum atomic E-state index is -2.71. The molecule has 1 saturated carbocycles. The van der Waals surface area contributed by atoms with Crippen LogP contribution in [0.25, 0.3) is 0 Å². The first-order valence-electron chi connectivity index (χ1n) is 15.0. The molecule has 0 bridgehead atoms. The second kappa shape index (κ2) is 12.9. The number of carbonyl (C=O) groups excluding carboxylic acids is 4. The van der Waals surface area contributed by atoms with E-state index < -0.39 is 47.6 Å². The summed E-state index contributed by atoms with van der Waals surface area (Å²) < 4.78 is 45.5. The highest BCUT2D eigenvalue weighted by molar-refractivity contribution is 5.95. The molecule has 236 valence electrons. The van der Waals surface area contributed by atoms with Crippen LogP contribution in [-0.2, 0) is 49.5 Å². The smallest absolute Gasteiger partial charge is 0.397 e. The highest BCUT2D eigenvalue weighted by atomic mass is 19.1. The van der Waals surface area contributed by atoms with Gasteiger partial charge in [-0.25, -0.2) is 33.4 Å². The highest BCUT2D eigenvalue weighted by Gasteiger charge is 2.76. The topological polar surface area (TPSA) is 121 Å². The van der Waals surface area contributed by atoms with E-state index in [0.29, 0.717) is 12.8 Å². The third-order valence-corrected chi connectivity index (χ3v) is 8.45. The Kier molecular flexibility index (Phi) is 8.79. The molecule has 0 N–H and O–H groups in total. The van der Waals surface area contributed by atoms with E-state index in [1.807, 2.05) is 30.3 Å². The Morgan fingerprint density at radius 3 is 1.89 bits per heavy atom. The third-order valence-electron chi connectivity index (χ3n) is 8.45. The van der Waals surface area contributed by atoms with Crippen LogP contribution in [0.4, 0.5) is 4.39 Å². The predicted octanol–water partition coefficient (Wildman–Crippen LogP) is 3.65. The molecule has 0 radical (unpaired) electrons. The van der Waals surface area contributed by atoms with Gasteiger partial charge in [0.2, 0.25) is 0 Å². The maximum Gasteiger partial charge on any atom is 0.420 e. The molecule has 2 aromatic carbocycles. The van der Waals surface area contributed by atoms with E-state index in [4.69, 9.17) is 23.7 Å². The lowest BCUT2D eigenvalue weighted by molar-refractivity contribution is -0.473. The van der Waals surface area contributed by atoms with Crippen molar-refractivity contribution in [1.82, 2.24) is 9.80 Å². The van der Waals surface area contributed by atoms with Crippen molar-refractivity contribution in [3.63, 3.8) is 0 Å². The van der Waals surface area contributed by atoms with Crippen molar-refractivity contribution in [2.24, 2.45) is 0 Å². The van der Waals surface area contributed by atoms with E-state index in [2.05, 4.69) is 0 Å². The second-order valence-electron chi connectivity index (χ2n) is 11.2. The Bertz CT molecular complexity index is 1460. The number of benzene rings is 2. The Morgan fingerprint density at radius 1 is 0.733 bits per heavy atom. The van der Waals surface area contributed by atoms with E-state index in [9.17, 15) is 19.2 Å². The third kappa shape index (κ3) is 6.00. The molecule has 0 amide bonds. The van der Waals surface area contributed by atoms with Crippen LogP contribution in [-0.4, -0.2) is 71.2 Å². The van der Waals surface area contributed by atoms with Gasteiger partial charge in [0.1, 0.15) is 5.82 Å². The number of nitrogens with zero attached hydrogens (tertiary/aromatic N) is 2. The van der Waals surface area contributed by atoms with Crippen molar-refractivity contribution >= 4 is 23.9 Å². The minimum absolute atomic E-state index is 0.00897. The average Bonchev–Trinajstić information content (AvgIpc) is 3.29. The first-order chi connectivity index (χ1) is 21.8. The molecule has 45 heavy (non-hydrogen) atoms. The van der Waals surface area contributed by atoms with Crippen molar-refractivity contribution in [2.45, 2.75) is 62.6 Å². The van der Waals surface area contributed by atoms with Crippen molar-refractivity contribution in [3.05, 3.63) is 95.8 Å². The van der Waals surface area contributed by atoms with Crippen molar-refractivity contribution < 1.29 is 47.3 Å². The molecule has 2 fully saturated rings. The zero-order valence-electron chi connectivity index (χ0n) is 24.5. The van der Waals surface area contributed by atoms with Gasteiger partial charge in [-0.1, -0.05) is 67.8 Å². The molecule has 2 spiro atoms. The maximum absolute atomic E-state index is 15.6. The van der Waals surface area contributed by atoms with E-state index in [1.165, 1.54) is 23.1 Å². The van der Waals surface area contributed by atoms with E-state index in [1.54, 1.807) is 11.0 Å². The molecule has 1 saturated heterocycles. The van der Waals surface area contributed by atoms with Crippen molar-refractivity contribution in [3.8, 4) is 0 Å². The summed E-state index contributed by atoms with van der Waals surface area (Å²) in [5, 5.41) is 0. The Labute approximate surface area is 259 Å². The van der Waals surface area contributed by atoms with Gasteiger partial charge >= 0.3 is 35.7 Å². The summed E-state index contributed by atoms with van der Waals surface area (Å²) in [6.45, 7) is 0.0922. The SMILES string of the molecule is O=C1C=CC(=O)OC2(O1)N(C1CCCCC1)CCN(C(COCc1ccccc1)c1ccccc1F)C21OC(=O)C=CC(=O)O1. The van der Waals surface area contributed by atoms with Gasteiger partial charge < -0.3 is 23.7 Å². The number of carbonyl (C=O) groups is 4. The number of halogens is 1. The van der Waals surface area contributed by atoms with Gasteiger partial charge in [-0.05, 0) is 24.5 Å². The first kappa shape index (κ1) is 30.6. The van der Waals surface area contributed by atoms with Crippen LogP contribution in [0.3, 0.4) is 0 Å². The lowest BCUT2D eigenvalue weighted by Gasteiger charge is -2.59. The molecule has 1 aliphatic carbocycles.